The van der Waals surface area contributed by atoms with Crippen molar-refractivity contribution in [2.75, 3.05) is 32.5 Å². The molecule has 1 aliphatic heterocycles. The second-order valence-corrected chi connectivity index (χ2v) is 7.09. The summed E-state index contributed by atoms with van der Waals surface area (Å²) in [5, 5.41) is 15.8. The fourth-order valence-corrected chi connectivity index (χ4v) is 3.88. The lowest BCUT2D eigenvalue weighted by Crippen LogP contribution is -2.28. The fourth-order valence-electron chi connectivity index (χ4n) is 3.09. The van der Waals surface area contributed by atoms with Crippen LogP contribution in [-0.2, 0) is 4.79 Å². The molecule has 9 heteroatoms. The van der Waals surface area contributed by atoms with Gasteiger partial charge in [0.05, 0.1) is 18.6 Å². The van der Waals surface area contributed by atoms with E-state index in [9.17, 15) is 4.79 Å². The third-order valence-electron chi connectivity index (χ3n) is 4.38. The maximum absolute atomic E-state index is 11.9. The molecule has 1 aromatic carbocycles. The summed E-state index contributed by atoms with van der Waals surface area (Å²) in [4.78, 5) is 11.9. The molecule has 2 heterocycles. The molecule has 2 N–H and O–H groups in total. The molecule has 0 bridgehead atoms. The number of benzene rings is 1. The number of hydrogen-bond acceptors (Lipinski definition) is 6. The first-order valence-corrected chi connectivity index (χ1v) is 9.91. The van der Waals surface area contributed by atoms with Gasteiger partial charge in [0.15, 0.2) is 5.16 Å². The van der Waals surface area contributed by atoms with Crippen molar-refractivity contribution in [3.63, 3.8) is 0 Å². The molecule has 0 aliphatic carbocycles. The van der Waals surface area contributed by atoms with Crippen molar-refractivity contribution < 1.29 is 9.53 Å². The Kier molecular flexibility index (Phi) is 8.40. The lowest BCUT2D eigenvalue weighted by atomic mass is 9.97. The van der Waals surface area contributed by atoms with Crippen LogP contribution in [0.15, 0.2) is 29.4 Å². The molecule has 0 saturated carbocycles. The number of ether oxygens (including phenoxy) is 1. The molecule has 0 spiro atoms. The minimum absolute atomic E-state index is 0. The molecule has 148 valence electrons. The summed E-state index contributed by atoms with van der Waals surface area (Å²) >= 11 is 1.41. The van der Waals surface area contributed by atoms with E-state index in [1.165, 1.54) is 11.8 Å². The Balaban J connectivity index is 0.00000261. The highest BCUT2D eigenvalue weighted by molar-refractivity contribution is 7.99. The zero-order valence-electron chi connectivity index (χ0n) is 15.6. The van der Waals surface area contributed by atoms with Gasteiger partial charge in [0, 0.05) is 18.5 Å². The topological polar surface area (TPSA) is 81.1 Å². The monoisotopic (exact) mass is 411 g/mol. The van der Waals surface area contributed by atoms with E-state index in [4.69, 9.17) is 4.74 Å². The van der Waals surface area contributed by atoms with Crippen LogP contribution in [-0.4, -0.2) is 53.2 Å². The number of halogens is 1. The highest BCUT2D eigenvalue weighted by atomic mass is 35.5. The molecule has 1 saturated heterocycles. The summed E-state index contributed by atoms with van der Waals surface area (Å²) in [6.45, 7) is 4.51. The van der Waals surface area contributed by atoms with Crippen LogP contribution in [0.4, 0.5) is 0 Å². The van der Waals surface area contributed by atoms with Gasteiger partial charge in [0.1, 0.15) is 11.6 Å². The van der Waals surface area contributed by atoms with E-state index >= 15 is 0 Å². The maximum Gasteiger partial charge on any atom is 0.230 e. The number of nitrogens with zero attached hydrogens (tertiary/aromatic N) is 3. The molecular formula is C18H26ClN5O2S. The second kappa shape index (κ2) is 10.5. The molecule has 1 fully saturated rings. The first-order chi connectivity index (χ1) is 12.7. The third kappa shape index (κ3) is 5.37. The maximum atomic E-state index is 11.9. The van der Waals surface area contributed by atoms with Crippen LogP contribution in [0.25, 0.3) is 5.69 Å². The van der Waals surface area contributed by atoms with E-state index in [0.29, 0.717) is 18.2 Å². The number of piperidine rings is 1. The number of rotatable bonds is 7. The van der Waals surface area contributed by atoms with Gasteiger partial charge in [-0.3, -0.25) is 9.36 Å². The van der Waals surface area contributed by atoms with Crippen molar-refractivity contribution in [3.8, 4) is 11.4 Å². The SMILES string of the molecule is CCNC(=O)CSc1nnc(C2CCNCC2)n1-c1cccc(OC)c1.Cl. The van der Waals surface area contributed by atoms with Crippen LogP contribution in [0, 0.1) is 0 Å². The Bertz CT molecular complexity index is 749. The zero-order chi connectivity index (χ0) is 18.4. The lowest BCUT2D eigenvalue weighted by molar-refractivity contribution is -0.118. The molecule has 7 nitrogen and oxygen atoms in total. The van der Waals surface area contributed by atoms with Gasteiger partial charge in [-0.1, -0.05) is 17.8 Å². The highest BCUT2D eigenvalue weighted by Crippen LogP contribution is 2.31. The van der Waals surface area contributed by atoms with Gasteiger partial charge in [-0.15, -0.1) is 22.6 Å². The Morgan fingerprint density at radius 3 is 2.85 bits per heavy atom. The number of nitrogens with one attached hydrogen (secondary N) is 2. The van der Waals surface area contributed by atoms with Gasteiger partial charge in [-0.05, 0) is 45.0 Å². The number of methoxy groups -OCH3 is 1. The van der Waals surface area contributed by atoms with Crippen LogP contribution >= 0.6 is 24.2 Å². The predicted octanol–water partition coefficient (Wildman–Crippen LogP) is 2.39. The van der Waals surface area contributed by atoms with Gasteiger partial charge in [0.2, 0.25) is 5.91 Å². The molecular weight excluding hydrogens is 386 g/mol. The van der Waals surface area contributed by atoms with Crippen molar-refractivity contribution in [1.29, 1.82) is 0 Å². The van der Waals surface area contributed by atoms with E-state index in [1.54, 1.807) is 7.11 Å². The van der Waals surface area contributed by atoms with Crippen molar-refractivity contribution >= 4 is 30.1 Å². The van der Waals surface area contributed by atoms with E-state index in [1.807, 2.05) is 31.2 Å². The minimum Gasteiger partial charge on any atom is -0.497 e. The van der Waals surface area contributed by atoms with Gasteiger partial charge in [0.25, 0.3) is 0 Å². The molecule has 27 heavy (non-hydrogen) atoms. The molecule has 1 aliphatic rings. The number of carbonyl (C=O) groups excluding carboxylic acids is 1. The summed E-state index contributed by atoms with van der Waals surface area (Å²) in [5.41, 5.74) is 0.960. The fraction of sp³-hybridized carbons (Fsp3) is 0.500. The van der Waals surface area contributed by atoms with E-state index < -0.39 is 0 Å². The highest BCUT2D eigenvalue weighted by Gasteiger charge is 2.24. The van der Waals surface area contributed by atoms with Crippen molar-refractivity contribution in [1.82, 2.24) is 25.4 Å². The average molecular weight is 412 g/mol. The van der Waals surface area contributed by atoms with Gasteiger partial charge in [-0.25, -0.2) is 0 Å². The lowest BCUT2D eigenvalue weighted by Gasteiger charge is -2.23. The van der Waals surface area contributed by atoms with Gasteiger partial charge >= 0.3 is 0 Å². The average Bonchev–Trinajstić information content (AvgIpc) is 3.11. The van der Waals surface area contributed by atoms with Crippen LogP contribution in [0.1, 0.15) is 31.5 Å². The minimum atomic E-state index is 0. The summed E-state index contributed by atoms with van der Waals surface area (Å²) < 4.78 is 7.45. The van der Waals surface area contributed by atoms with Crippen LogP contribution in [0.3, 0.4) is 0 Å². The second-order valence-electron chi connectivity index (χ2n) is 6.14. The third-order valence-corrected chi connectivity index (χ3v) is 5.31. The number of thioether (sulfide) groups is 1. The number of hydrogen-bond donors (Lipinski definition) is 2. The summed E-state index contributed by atoms with van der Waals surface area (Å²) in [6, 6.07) is 7.87. The molecule has 1 aromatic heterocycles. The van der Waals surface area contributed by atoms with Crippen LogP contribution in [0.2, 0.25) is 0 Å². The van der Waals surface area contributed by atoms with Gasteiger partial charge < -0.3 is 15.4 Å². The summed E-state index contributed by atoms with van der Waals surface area (Å²) in [5.74, 6) is 2.42. The first kappa shape index (κ1) is 21.5. The van der Waals surface area contributed by atoms with E-state index in [0.717, 1.165) is 48.3 Å². The van der Waals surface area contributed by atoms with Crippen molar-refractivity contribution in [2.45, 2.75) is 30.8 Å². The van der Waals surface area contributed by atoms with Crippen LogP contribution < -0.4 is 15.4 Å². The largest absolute Gasteiger partial charge is 0.497 e. The standard InChI is InChI=1S/C18H25N5O2S.ClH/c1-3-20-16(24)12-26-18-22-21-17(13-7-9-19-10-8-13)23(18)14-5-4-6-15(11-14)25-2;/h4-6,11,13,19H,3,7-10,12H2,1-2H3,(H,20,24);1H. The summed E-state index contributed by atoms with van der Waals surface area (Å²) in [7, 11) is 1.66. The number of amides is 1. The molecule has 0 radical (unpaired) electrons. The summed E-state index contributed by atoms with van der Waals surface area (Å²) in [6.07, 6.45) is 2.06. The zero-order valence-corrected chi connectivity index (χ0v) is 17.2. The quantitative estimate of drug-likeness (QED) is 0.681. The molecule has 0 atom stereocenters. The number of aromatic nitrogens is 3. The smallest absolute Gasteiger partial charge is 0.230 e. The molecule has 2 aromatic rings. The Labute approximate surface area is 170 Å². The normalized spacial score (nSPS) is 14.4. The van der Waals surface area contributed by atoms with Gasteiger partial charge in [-0.2, -0.15) is 0 Å². The molecule has 0 unspecified atom stereocenters. The van der Waals surface area contributed by atoms with E-state index in [-0.39, 0.29) is 18.3 Å². The number of carbonyl (C=O) groups is 1. The predicted molar refractivity (Wildman–Crippen MR) is 109 cm³/mol. The Hall–Kier alpha value is -1.77. The van der Waals surface area contributed by atoms with Crippen LogP contribution in [0.5, 0.6) is 5.75 Å². The van der Waals surface area contributed by atoms with Crippen molar-refractivity contribution in [2.24, 2.45) is 0 Å². The Morgan fingerprint density at radius 2 is 2.15 bits per heavy atom. The first-order valence-electron chi connectivity index (χ1n) is 8.93. The molecule has 3 rings (SSSR count). The van der Waals surface area contributed by atoms with E-state index in [2.05, 4.69) is 25.4 Å². The molecule has 1 amide bonds. The Morgan fingerprint density at radius 1 is 1.37 bits per heavy atom. The van der Waals surface area contributed by atoms with Crippen molar-refractivity contribution in [3.05, 3.63) is 30.1 Å².